The van der Waals surface area contributed by atoms with E-state index in [9.17, 15) is 4.79 Å². The van der Waals surface area contributed by atoms with Crippen molar-refractivity contribution in [3.63, 3.8) is 0 Å². The molecule has 1 aliphatic rings. The second-order valence-corrected chi connectivity index (χ2v) is 5.98. The number of fused-ring (bicyclic) bond motifs is 1. The molecule has 7 nitrogen and oxygen atoms in total. The van der Waals surface area contributed by atoms with Gasteiger partial charge < -0.3 is 20.5 Å². The van der Waals surface area contributed by atoms with Crippen molar-refractivity contribution < 1.29 is 14.3 Å². The monoisotopic (exact) mass is 330 g/mol. The van der Waals surface area contributed by atoms with Gasteiger partial charge in [0.25, 0.3) is 0 Å². The number of nitrogens with two attached hydrogens (primary N) is 1. The molecule has 1 aliphatic carbocycles. The van der Waals surface area contributed by atoms with E-state index in [0.717, 1.165) is 28.9 Å². The Morgan fingerprint density at radius 2 is 2.21 bits per heavy atom. The van der Waals surface area contributed by atoms with Crippen LogP contribution in [-0.2, 0) is 30.3 Å². The van der Waals surface area contributed by atoms with Crippen LogP contribution < -0.4 is 20.5 Å². The number of ether oxygens (including phenoxy) is 2. The third-order valence-electron chi connectivity index (χ3n) is 4.51. The zero-order chi connectivity index (χ0) is 17.3. The highest BCUT2D eigenvalue weighted by molar-refractivity contribution is 5.89. The first-order valence-corrected chi connectivity index (χ1v) is 7.79. The summed E-state index contributed by atoms with van der Waals surface area (Å²) >= 11 is 0. The lowest BCUT2D eigenvalue weighted by molar-refractivity contribution is -0.126. The maximum Gasteiger partial charge on any atom is 0.244 e. The molecule has 1 unspecified atom stereocenters. The molecule has 0 saturated carbocycles. The molecule has 1 heterocycles. The van der Waals surface area contributed by atoms with Crippen LogP contribution in [0.3, 0.4) is 0 Å². The van der Waals surface area contributed by atoms with Crippen LogP contribution in [0.25, 0.3) is 0 Å². The van der Waals surface area contributed by atoms with Crippen molar-refractivity contribution in [1.29, 1.82) is 0 Å². The number of nitrogens with zero attached hydrogens (tertiary/aromatic N) is 2. The fraction of sp³-hybridized carbons (Fsp3) is 0.412. The summed E-state index contributed by atoms with van der Waals surface area (Å²) in [6, 6.07) is 5.65. The van der Waals surface area contributed by atoms with E-state index in [-0.39, 0.29) is 5.91 Å². The van der Waals surface area contributed by atoms with Crippen molar-refractivity contribution in [3.8, 4) is 11.6 Å². The van der Waals surface area contributed by atoms with Crippen LogP contribution >= 0.6 is 0 Å². The van der Waals surface area contributed by atoms with E-state index in [1.54, 1.807) is 25.9 Å². The Labute approximate surface area is 140 Å². The predicted molar refractivity (Wildman–Crippen MR) is 88.8 cm³/mol. The zero-order valence-electron chi connectivity index (χ0n) is 14.1. The minimum Gasteiger partial charge on any atom is -0.496 e. The number of amides is 1. The number of aryl methyl sites for hydroxylation is 1. The summed E-state index contributed by atoms with van der Waals surface area (Å²) in [5.41, 5.74) is 8.06. The molecule has 3 N–H and O–H groups in total. The first-order valence-electron chi connectivity index (χ1n) is 7.79. The highest BCUT2D eigenvalue weighted by Gasteiger charge is 2.42. The minimum absolute atomic E-state index is 0.208. The molecule has 0 radical (unpaired) electrons. The third-order valence-corrected chi connectivity index (χ3v) is 4.51. The lowest BCUT2D eigenvalue weighted by Crippen LogP contribution is -2.49. The van der Waals surface area contributed by atoms with E-state index in [1.165, 1.54) is 0 Å². The third kappa shape index (κ3) is 2.60. The second-order valence-electron chi connectivity index (χ2n) is 5.98. The molecule has 1 aromatic carbocycles. The van der Waals surface area contributed by atoms with E-state index in [4.69, 9.17) is 15.2 Å². The van der Waals surface area contributed by atoms with Crippen molar-refractivity contribution in [3.05, 3.63) is 41.1 Å². The fourth-order valence-electron chi connectivity index (χ4n) is 3.27. The van der Waals surface area contributed by atoms with E-state index < -0.39 is 5.54 Å². The minimum atomic E-state index is -1.04. The van der Waals surface area contributed by atoms with Gasteiger partial charge in [-0.05, 0) is 30.0 Å². The molecular weight excluding hydrogens is 308 g/mol. The smallest absolute Gasteiger partial charge is 0.244 e. The SMILES string of the molecule is COc1cccc2c1CCC2(N)C(=O)NCc1cn(C)nc1OC. The topological polar surface area (TPSA) is 91.4 Å². The van der Waals surface area contributed by atoms with Gasteiger partial charge in [-0.2, -0.15) is 0 Å². The highest BCUT2D eigenvalue weighted by Crippen LogP contribution is 2.39. The number of hydrogen-bond acceptors (Lipinski definition) is 5. The standard InChI is InChI=1S/C17H22N4O3/c1-21-10-11(15(20-21)24-3)9-19-16(22)17(18)8-7-12-13(17)5-4-6-14(12)23-2/h4-6,10H,7-9,18H2,1-3H3,(H,19,22). The molecule has 7 heteroatoms. The number of aromatic nitrogens is 2. The summed E-state index contributed by atoms with van der Waals surface area (Å²) < 4.78 is 12.2. The quantitative estimate of drug-likeness (QED) is 0.848. The number of nitrogens with one attached hydrogen (secondary N) is 1. The number of hydrogen-bond donors (Lipinski definition) is 2. The molecule has 0 bridgehead atoms. The Kier molecular flexibility index (Phi) is 4.19. The van der Waals surface area contributed by atoms with Gasteiger partial charge in [-0.25, -0.2) is 0 Å². The number of benzene rings is 1. The van der Waals surface area contributed by atoms with Crippen molar-refractivity contribution in [1.82, 2.24) is 15.1 Å². The lowest BCUT2D eigenvalue weighted by atomic mass is 9.91. The largest absolute Gasteiger partial charge is 0.496 e. The van der Waals surface area contributed by atoms with Gasteiger partial charge in [0.2, 0.25) is 11.8 Å². The van der Waals surface area contributed by atoms with Crippen LogP contribution in [0.5, 0.6) is 11.6 Å². The van der Waals surface area contributed by atoms with E-state index >= 15 is 0 Å². The van der Waals surface area contributed by atoms with Gasteiger partial charge in [0.15, 0.2) is 0 Å². The summed E-state index contributed by atoms with van der Waals surface area (Å²) in [6.07, 6.45) is 3.09. The van der Waals surface area contributed by atoms with Gasteiger partial charge in [-0.3, -0.25) is 9.48 Å². The van der Waals surface area contributed by atoms with Gasteiger partial charge in [-0.15, -0.1) is 5.10 Å². The van der Waals surface area contributed by atoms with E-state index in [0.29, 0.717) is 18.8 Å². The van der Waals surface area contributed by atoms with E-state index in [1.807, 2.05) is 24.4 Å². The maximum atomic E-state index is 12.8. The molecule has 1 aromatic heterocycles. The maximum absolute atomic E-state index is 12.8. The van der Waals surface area contributed by atoms with Crippen molar-refractivity contribution >= 4 is 5.91 Å². The first kappa shape index (κ1) is 16.3. The summed E-state index contributed by atoms with van der Waals surface area (Å²) in [6.45, 7) is 0.314. The second kappa shape index (κ2) is 6.16. The average Bonchev–Trinajstić information content (AvgIpc) is 3.13. The molecule has 0 fully saturated rings. The number of carbonyl (C=O) groups is 1. The fourth-order valence-corrected chi connectivity index (χ4v) is 3.27. The molecule has 0 aliphatic heterocycles. The molecule has 1 amide bonds. The van der Waals surface area contributed by atoms with Crippen molar-refractivity contribution in [2.75, 3.05) is 14.2 Å². The molecule has 0 saturated heterocycles. The van der Waals surface area contributed by atoms with Gasteiger partial charge in [0.1, 0.15) is 11.3 Å². The van der Waals surface area contributed by atoms with E-state index in [2.05, 4.69) is 10.4 Å². The lowest BCUT2D eigenvalue weighted by Gasteiger charge is -2.24. The molecule has 2 aromatic rings. The molecular formula is C17H22N4O3. The van der Waals surface area contributed by atoms with Crippen LogP contribution in [0.2, 0.25) is 0 Å². The van der Waals surface area contributed by atoms with Crippen molar-refractivity contribution in [2.45, 2.75) is 24.9 Å². The van der Waals surface area contributed by atoms with Crippen molar-refractivity contribution in [2.24, 2.45) is 12.8 Å². The van der Waals surface area contributed by atoms with Crippen LogP contribution in [0, 0.1) is 0 Å². The Bertz CT molecular complexity index is 771. The van der Waals surface area contributed by atoms with Crippen LogP contribution in [-0.4, -0.2) is 29.9 Å². The number of rotatable bonds is 5. The number of methoxy groups -OCH3 is 2. The summed E-state index contributed by atoms with van der Waals surface area (Å²) in [4.78, 5) is 12.8. The summed E-state index contributed by atoms with van der Waals surface area (Å²) in [7, 11) is 4.98. The molecule has 24 heavy (non-hydrogen) atoms. The predicted octanol–water partition coefficient (Wildman–Crippen LogP) is 0.854. The normalized spacial score (nSPS) is 19.0. The molecule has 1 atom stereocenters. The van der Waals surface area contributed by atoms with Gasteiger partial charge in [0, 0.05) is 19.8 Å². The molecule has 0 spiro atoms. The Morgan fingerprint density at radius 1 is 1.42 bits per heavy atom. The first-order chi connectivity index (χ1) is 11.5. The van der Waals surface area contributed by atoms with Crippen LogP contribution in [0.4, 0.5) is 0 Å². The highest BCUT2D eigenvalue weighted by atomic mass is 16.5. The molecule has 128 valence electrons. The van der Waals surface area contributed by atoms with Gasteiger partial charge in [-0.1, -0.05) is 12.1 Å². The van der Waals surface area contributed by atoms with Gasteiger partial charge in [0.05, 0.1) is 19.8 Å². The number of carbonyl (C=O) groups excluding carboxylic acids is 1. The zero-order valence-corrected chi connectivity index (χ0v) is 14.1. The Hall–Kier alpha value is -2.54. The average molecular weight is 330 g/mol. The Morgan fingerprint density at radius 3 is 2.92 bits per heavy atom. The Balaban J connectivity index is 1.79. The molecule has 3 rings (SSSR count). The summed E-state index contributed by atoms with van der Waals surface area (Å²) in [5, 5.41) is 7.09. The van der Waals surface area contributed by atoms with Gasteiger partial charge >= 0.3 is 0 Å². The summed E-state index contributed by atoms with van der Waals surface area (Å²) in [5.74, 6) is 1.07. The van der Waals surface area contributed by atoms with Crippen LogP contribution in [0.15, 0.2) is 24.4 Å². The van der Waals surface area contributed by atoms with Crippen LogP contribution in [0.1, 0.15) is 23.1 Å².